The van der Waals surface area contributed by atoms with Crippen molar-refractivity contribution in [1.82, 2.24) is 19.9 Å². The summed E-state index contributed by atoms with van der Waals surface area (Å²) in [7, 11) is 0. The topological polar surface area (TPSA) is 97.0 Å². The summed E-state index contributed by atoms with van der Waals surface area (Å²) >= 11 is 1.55. The summed E-state index contributed by atoms with van der Waals surface area (Å²) in [5.74, 6) is 0.776. The van der Waals surface area contributed by atoms with Gasteiger partial charge in [-0.15, -0.1) is 11.3 Å². The van der Waals surface area contributed by atoms with Crippen LogP contribution >= 0.6 is 11.3 Å². The molecule has 0 saturated carbocycles. The van der Waals surface area contributed by atoms with Gasteiger partial charge in [-0.1, -0.05) is 6.07 Å². The van der Waals surface area contributed by atoms with Crippen LogP contribution in [0.5, 0.6) is 0 Å². The predicted molar refractivity (Wildman–Crippen MR) is 107 cm³/mol. The van der Waals surface area contributed by atoms with E-state index in [1.54, 1.807) is 22.4 Å². The predicted octanol–water partition coefficient (Wildman–Crippen LogP) is 2.60. The Balaban J connectivity index is 1.65. The lowest BCUT2D eigenvalue weighted by Crippen LogP contribution is -2.52. The zero-order valence-electron chi connectivity index (χ0n) is 15.3. The van der Waals surface area contributed by atoms with Crippen molar-refractivity contribution in [3.63, 3.8) is 0 Å². The van der Waals surface area contributed by atoms with E-state index in [2.05, 4.69) is 20.3 Å². The number of nitrogens with one attached hydrogen (secondary N) is 1. The average Bonchev–Trinajstić information content (AvgIpc) is 3.00. The third kappa shape index (κ3) is 3.50. The van der Waals surface area contributed by atoms with Crippen molar-refractivity contribution in [2.45, 2.75) is 19.9 Å². The minimum Gasteiger partial charge on any atom is -0.346 e. The number of hydrogen-bond acceptors (Lipinski definition) is 7. The summed E-state index contributed by atoms with van der Waals surface area (Å²) in [6.07, 6.45) is 1.76. The number of aryl methyl sites for hydroxylation is 1. The molecule has 0 aromatic carbocycles. The van der Waals surface area contributed by atoms with E-state index in [4.69, 9.17) is 5.73 Å². The highest BCUT2D eigenvalue weighted by Gasteiger charge is 2.32. The Morgan fingerprint density at radius 3 is 2.93 bits per heavy atom. The molecule has 1 aliphatic rings. The molecule has 0 spiro atoms. The molecular weight excluding hydrogens is 360 g/mol. The van der Waals surface area contributed by atoms with Crippen molar-refractivity contribution in [2.24, 2.45) is 11.7 Å². The highest BCUT2D eigenvalue weighted by atomic mass is 32.1. The van der Waals surface area contributed by atoms with Crippen molar-refractivity contribution in [3.8, 4) is 0 Å². The van der Waals surface area contributed by atoms with Gasteiger partial charge in [0, 0.05) is 30.1 Å². The Kier molecular flexibility index (Phi) is 4.75. The summed E-state index contributed by atoms with van der Waals surface area (Å²) < 4.78 is 0.838. The number of aromatic nitrogens is 3. The number of pyridine rings is 1. The van der Waals surface area contributed by atoms with E-state index in [0.29, 0.717) is 37.2 Å². The number of fused-ring (bicyclic) bond motifs is 1. The molecule has 1 saturated heterocycles. The van der Waals surface area contributed by atoms with Crippen LogP contribution in [0, 0.1) is 12.8 Å². The molecular formula is C19H22N6OS. The molecule has 1 fully saturated rings. The number of carbonyl (C=O) groups is 1. The minimum atomic E-state index is -0.0723. The Hall–Kier alpha value is -2.58. The molecule has 3 aromatic rings. The molecule has 0 radical (unpaired) electrons. The molecule has 7 nitrogen and oxygen atoms in total. The first kappa shape index (κ1) is 17.8. The van der Waals surface area contributed by atoms with Crippen molar-refractivity contribution in [2.75, 3.05) is 25.0 Å². The first-order chi connectivity index (χ1) is 13.0. The maximum atomic E-state index is 13.0. The van der Waals surface area contributed by atoms with Crippen LogP contribution in [0.25, 0.3) is 10.2 Å². The third-order valence-corrected chi connectivity index (χ3v) is 5.80. The van der Waals surface area contributed by atoms with Crippen LogP contribution in [0.3, 0.4) is 0 Å². The second kappa shape index (κ2) is 7.21. The van der Waals surface area contributed by atoms with Crippen LogP contribution in [0.4, 0.5) is 5.95 Å². The standard InChI is InChI=1S/C19H22N6OS/c1-11-7-15-17(27-11)16(18(26)25-9-13(8-20)10-25)24-19(23-15)22-12(2)14-5-3-4-6-21-14/h3-7,12-13H,8-10,20H2,1-2H3,(H,22,23,24)/t12-/m0/s1. The molecule has 8 heteroatoms. The fraction of sp³-hybridized carbons (Fsp3) is 0.368. The molecule has 0 aliphatic carbocycles. The quantitative estimate of drug-likeness (QED) is 0.704. The Bertz CT molecular complexity index is 967. The Labute approximate surface area is 161 Å². The second-order valence-electron chi connectivity index (χ2n) is 6.90. The number of thiophene rings is 1. The Morgan fingerprint density at radius 1 is 1.41 bits per heavy atom. The first-order valence-electron chi connectivity index (χ1n) is 9.00. The number of amides is 1. The zero-order chi connectivity index (χ0) is 19.0. The lowest BCUT2D eigenvalue weighted by Gasteiger charge is -2.38. The van der Waals surface area contributed by atoms with Gasteiger partial charge in [0.15, 0.2) is 5.69 Å². The number of nitrogens with zero attached hydrogens (tertiary/aromatic N) is 4. The first-order valence-corrected chi connectivity index (χ1v) is 9.81. The van der Waals surface area contributed by atoms with E-state index in [9.17, 15) is 4.79 Å². The van der Waals surface area contributed by atoms with E-state index in [-0.39, 0.29) is 11.9 Å². The summed E-state index contributed by atoms with van der Waals surface area (Å²) in [5.41, 5.74) is 7.83. The van der Waals surface area contributed by atoms with Gasteiger partial charge in [-0.25, -0.2) is 9.97 Å². The SMILES string of the molecule is Cc1cc2nc(N[C@@H](C)c3ccccn3)nc(C(=O)N3CC(CN)C3)c2s1. The molecule has 3 N–H and O–H groups in total. The number of hydrogen-bond donors (Lipinski definition) is 2. The molecule has 3 aromatic heterocycles. The number of carbonyl (C=O) groups excluding carboxylic acids is 1. The van der Waals surface area contributed by atoms with Gasteiger partial charge >= 0.3 is 0 Å². The molecule has 1 aliphatic heterocycles. The van der Waals surface area contributed by atoms with Crippen molar-refractivity contribution in [1.29, 1.82) is 0 Å². The maximum absolute atomic E-state index is 13.0. The molecule has 27 heavy (non-hydrogen) atoms. The van der Waals surface area contributed by atoms with Gasteiger partial charge in [-0.05, 0) is 38.6 Å². The van der Waals surface area contributed by atoms with Crippen LogP contribution in [-0.4, -0.2) is 45.4 Å². The highest BCUT2D eigenvalue weighted by molar-refractivity contribution is 7.19. The molecule has 1 amide bonds. The van der Waals surface area contributed by atoms with E-state index in [0.717, 1.165) is 20.8 Å². The van der Waals surface area contributed by atoms with Gasteiger partial charge in [0.25, 0.3) is 5.91 Å². The second-order valence-corrected chi connectivity index (χ2v) is 8.16. The maximum Gasteiger partial charge on any atom is 0.274 e. The van der Waals surface area contributed by atoms with Gasteiger partial charge in [-0.3, -0.25) is 9.78 Å². The van der Waals surface area contributed by atoms with Gasteiger partial charge in [0.1, 0.15) is 0 Å². The fourth-order valence-electron chi connectivity index (χ4n) is 3.19. The number of anilines is 1. The largest absolute Gasteiger partial charge is 0.346 e. The van der Waals surface area contributed by atoms with Crippen LogP contribution < -0.4 is 11.1 Å². The highest BCUT2D eigenvalue weighted by Crippen LogP contribution is 2.30. The lowest BCUT2D eigenvalue weighted by atomic mass is 10.00. The molecule has 1 atom stereocenters. The van der Waals surface area contributed by atoms with E-state index < -0.39 is 0 Å². The van der Waals surface area contributed by atoms with Crippen LogP contribution in [0.1, 0.15) is 34.0 Å². The van der Waals surface area contributed by atoms with Crippen molar-refractivity contribution >= 4 is 33.4 Å². The van der Waals surface area contributed by atoms with Gasteiger partial charge < -0.3 is 16.0 Å². The normalized spacial score (nSPS) is 15.6. The van der Waals surface area contributed by atoms with E-state index in [1.807, 2.05) is 38.1 Å². The third-order valence-electron chi connectivity index (χ3n) is 4.75. The van der Waals surface area contributed by atoms with Crippen molar-refractivity contribution in [3.05, 3.63) is 46.7 Å². The summed E-state index contributed by atoms with van der Waals surface area (Å²) in [6.45, 7) is 6.00. The van der Waals surface area contributed by atoms with Gasteiger partial charge in [0.2, 0.25) is 5.95 Å². The van der Waals surface area contributed by atoms with Crippen molar-refractivity contribution < 1.29 is 4.79 Å². The molecule has 0 unspecified atom stereocenters. The Morgan fingerprint density at radius 2 is 2.22 bits per heavy atom. The smallest absolute Gasteiger partial charge is 0.274 e. The number of likely N-dealkylation sites (tertiary alicyclic amines) is 1. The van der Waals surface area contributed by atoms with Crippen LogP contribution in [0.15, 0.2) is 30.5 Å². The van der Waals surface area contributed by atoms with Gasteiger partial charge in [-0.2, -0.15) is 0 Å². The summed E-state index contributed by atoms with van der Waals surface area (Å²) in [5, 5.41) is 3.28. The monoisotopic (exact) mass is 382 g/mol. The minimum absolute atomic E-state index is 0.0533. The van der Waals surface area contributed by atoms with Crippen LogP contribution in [-0.2, 0) is 0 Å². The molecule has 4 heterocycles. The number of nitrogens with two attached hydrogens (primary N) is 1. The van der Waals surface area contributed by atoms with E-state index in [1.165, 1.54) is 0 Å². The summed E-state index contributed by atoms with van der Waals surface area (Å²) in [4.78, 5) is 29.4. The number of rotatable bonds is 5. The fourth-order valence-corrected chi connectivity index (χ4v) is 4.12. The zero-order valence-corrected chi connectivity index (χ0v) is 16.2. The van der Waals surface area contributed by atoms with Crippen LogP contribution in [0.2, 0.25) is 0 Å². The van der Waals surface area contributed by atoms with Gasteiger partial charge in [0.05, 0.1) is 22.0 Å². The lowest BCUT2D eigenvalue weighted by molar-refractivity contribution is 0.0512. The van der Waals surface area contributed by atoms with E-state index >= 15 is 0 Å². The molecule has 140 valence electrons. The molecule has 4 rings (SSSR count). The average molecular weight is 382 g/mol. The molecule has 0 bridgehead atoms. The summed E-state index contributed by atoms with van der Waals surface area (Å²) in [6, 6.07) is 7.69.